The van der Waals surface area contributed by atoms with Crippen molar-refractivity contribution < 1.29 is 0 Å². The lowest BCUT2D eigenvalue weighted by Crippen LogP contribution is -1.91. The van der Waals surface area contributed by atoms with Crippen LogP contribution in [0.15, 0.2) is 42.7 Å². The summed E-state index contributed by atoms with van der Waals surface area (Å²) in [5, 5.41) is 0.675. The van der Waals surface area contributed by atoms with Crippen molar-refractivity contribution in [3.05, 3.63) is 58.9 Å². The molecule has 2 aromatic heterocycles. The van der Waals surface area contributed by atoms with Crippen LogP contribution in [0.3, 0.4) is 0 Å². The van der Waals surface area contributed by atoms with Gasteiger partial charge in [-0.25, -0.2) is 4.98 Å². The van der Waals surface area contributed by atoms with Crippen LogP contribution in [-0.2, 0) is 0 Å². The van der Waals surface area contributed by atoms with Crippen molar-refractivity contribution in [2.24, 2.45) is 0 Å². The number of halogens is 1. The Balaban J connectivity index is 2.32. The number of aromatic nitrogens is 2. The Morgan fingerprint density at radius 2 is 2.00 bits per heavy atom. The van der Waals surface area contributed by atoms with Gasteiger partial charge < -0.3 is 0 Å². The number of pyridine rings is 1. The van der Waals surface area contributed by atoms with E-state index in [4.69, 9.17) is 11.6 Å². The maximum Gasteiger partial charge on any atom is 0.156 e. The van der Waals surface area contributed by atoms with Gasteiger partial charge in [-0.15, -0.1) is 0 Å². The Bertz CT molecular complexity index is 728. The first kappa shape index (κ1) is 11.3. The van der Waals surface area contributed by atoms with Crippen molar-refractivity contribution in [1.82, 2.24) is 9.38 Å². The second kappa shape index (κ2) is 4.14. The van der Waals surface area contributed by atoms with Crippen LogP contribution in [0.25, 0.3) is 16.9 Å². The molecule has 3 aromatic rings. The van der Waals surface area contributed by atoms with Crippen molar-refractivity contribution >= 4 is 17.2 Å². The van der Waals surface area contributed by atoms with E-state index in [1.54, 1.807) is 0 Å². The van der Waals surface area contributed by atoms with Crippen LogP contribution in [0.2, 0.25) is 5.02 Å². The van der Waals surface area contributed by atoms with Crippen LogP contribution in [-0.4, -0.2) is 9.38 Å². The first-order valence-corrected chi connectivity index (χ1v) is 6.24. The molecule has 0 aliphatic rings. The molecule has 2 heterocycles. The fourth-order valence-corrected chi connectivity index (χ4v) is 2.40. The van der Waals surface area contributed by atoms with Crippen molar-refractivity contribution in [2.45, 2.75) is 13.8 Å². The molecule has 0 fully saturated rings. The van der Waals surface area contributed by atoms with Crippen LogP contribution in [0.4, 0.5) is 0 Å². The number of hydrogen-bond donors (Lipinski definition) is 0. The normalized spacial score (nSPS) is 11.1. The SMILES string of the molecule is Cc1ccc(C)c(-c2cnc3c(Cl)cccn23)c1. The number of benzene rings is 1. The molecule has 3 heteroatoms. The van der Waals surface area contributed by atoms with Crippen molar-refractivity contribution in [3.8, 4) is 11.3 Å². The quantitative estimate of drug-likeness (QED) is 0.636. The summed E-state index contributed by atoms with van der Waals surface area (Å²) in [4.78, 5) is 4.40. The average molecular weight is 257 g/mol. The van der Waals surface area contributed by atoms with Gasteiger partial charge in [-0.2, -0.15) is 0 Å². The van der Waals surface area contributed by atoms with Gasteiger partial charge in [0.15, 0.2) is 5.65 Å². The molecule has 3 rings (SSSR count). The van der Waals surface area contributed by atoms with Gasteiger partial charge in [0.1, 0.15) is 0 Å². The van der Waals surface area contributed by atoms with Crippen LogP contribution >= 0.6 is 11.6 Å². The molecule has 0 spiro atoms. The second-order valence-electron chi connectivity index (χ2n) is 4.51. The molecule has 0 bridgehead atoms. The first-order chi connectivity index (χ1) is 8.66. The van der Waals surface area contributed by atoms with E-state index in [1.165, 1.54) is 16.7 Å². The number of aryl methyl sites for hydroxylation is 2. The minimum absolute atomic E-state index is 0.675. The zero-order valence-electron chi connectivity index (χ0n) is 10.3. The Hall–Kier alpha value is -1.80. The predicted octanol–water partition coefficient (Wildman–Crippen LogP) is 4.27. The van der Waals surface area contributed by atoms with Gasteiger partial charge >= 0.3 is 0 Å². The molecule has 2 nitrogen and oxygen atoms in total. The van der Waals surface area contributed by atoms with Crippen LogP contribution in [0, 0.1) is 13.8 Å². The van der Waals surface area contributed by atoms with Crippen molar-refractivity contribution in [3.63, 3.8) is 0 Å². The van der Waals surface area contributed by atoms with E-state index in [0.717, 1.165) is 11.3 Å². The van der Waals surface area contributed by atoms with Crippen molar-refractivity contribution in [1.29, 1.82) is 0 Å². The number of fused-ring (bicyclic) bond motifs is 1. The fourth-order valence-electron chi connectivity index (χ4n) is 2.19. The summed E-state index contributed by atoms with van der Waals surface area (Å²) in [7, 11) is 0. The fraction of sp³-hybridized carbons (Fsp3) is 0.133. The maximum absolute atomic E-state index is 6.15. The smallest absolute Gasteiger partial charge is 0.156 e. The highest BCUT2D eigenvalue weighted by Gasteiger charge is 2.10. The highest BCUT2D eigenvalue weighted by atomic mass is 35.5. The van der Waals surface area contributed by atoms with Crippen molar-refractivity contribution in [2.75, 3.05) is 0 Å². The average Bonchev–Trinajstić information content (AvgIpc) is 2.77. The van der Waals surface area contributed by atoms with E-state index in [2.05, 4.69) is 37.0 Å². The van der Waals surface area contributed by atoms with Crippen LogP contribution < -0.4 is 0 Å². The summed E-state index contributed by atoms with van der Waals surface area (Å²) < 4.78 is 2.03. The second-order valence-corrected chi connectivity index (χ2v) is 4.92. The molecule has 0 aliphatic carbocycles. The minimum Gasteiger partial charge on any atom is -0.298 e. The van der Waals surface area contributed by atoms with Gasteiger partial charge in [0, 0.05) is 11.8 Å². The van der Waals surface area contributed by atoms with E-state index in [-0.39, 0.29) is 0 Å². The van der Waals surface area contributed by atoms with Gasteiger partial charge in [0.2, 0.25) is 0 Å². The van der Waals surface area contributed by atoms with Gasteiger partial charge in [-0.3, -0.25) is 4.40 Å². The van der Waals surface area contributed by atoms with Gasteiger partial charge in [0.05, 0.1) is 16.9 Å². The summed E-state index contributed by atoms with van der Waals surface area (Å²) in [6.07, 6.45) is 3.87. The zero-order chi connectivity index (χ0) is 12.7. The molecule has 0 atom stereocenters. The summed E-state index contributed by atoms with van der Waals surface area (Å²) in [5.41, 5.74) is 5.56. The first-order valence-electron chi connectivity index (χ1n) is 5.86. The topological polar surface area (TPSA) is 17.3 Å². The lowest BCUT2D eigenvalue weighted by molar-refractivity contribution is 1.18. The largest absolute Gasteiger partial charge is 0.298 e. The maximum atomic E-state index is 6.15. The molecular formula is C15H13ClN2. The summed E-state index contributed by atoms with van der Waals surface area (Å²) in [5.74, 6) is 0. The molecule has 1 aromatic carbocycles. The molecule has 90 valence electrons. The monoisotopic (exact) mass is 256 g/mol. The van der Waals surface area contributed by atoms with Gasteiger partial charge in [-0.05, 0) is 37.6 Å². The summed E-state index contributed by atoms with van der Waals surface area (Å²) >= 11 is 6.15. The van der Waals surface area contributed by atoms with E-state index >= 15 is 0 Å². The van der Waals surface area contributed by atoms with E-state index in [9.17, 15) is 0 Å². The summed E-state index contributed by atoms with van der Waals surface area (Å²) in [6.45, 7) is 4.21. The molecule has 0 saturated heterocycles. The van der Waals surface area contributed by atoms with Gasteiger partial charge in [0.25, 0.3) is 0 Å². The highest BCUT2D eigenvalue weighted by molar-refractivity contribution is 6.33. The minimum atomic E-state index is 0.675. The molecule has 0 saturated carbocycles. The lowest BCUT2D eigenvalue weighted by Gasteiger charge is -2.07. The summed E-state index contributed by atoms with van der Waals surface area (Å²) in [6, 6.07) is 10.2. The third-order valence-electron chi connectivity index (χ3n) is 3.16. The van der Waals surface area contributed by atoms with Gasteiger partial charge in [-0.1, -0.05) is 29.3 Å². The van der Waals surface area contributed by atoms with E-state index in [1.807, 2.05) is 28.9 Å². The Labute approximate surface area is 111 Å². The lowest BCUT2D eigenvalue weighted by atomic mass is 10.0. The molecule has 18 heavy (non-hydrogen) atoms. The number of rotatable bonds is 1. The molecule has 0 amide bonds. The van der Waals surface area contributed by atoms with E-state index in [0.29, 0.717) is 5.02 Å². The van der Waals surface area contributed by atoms with Crippen LogP contribution in [0.1, 0.15) is 11.1 Å². The Morgan fingerprint density at radius 1 is 1.17 bits per heavy atom. The molecule has 0 radical (unpaired) electrons. The number of nitrogens with zero attached hydrogens (tertiary/aromatic N) is 2. The molecular weight excluding hydrogens is 244 g/mol. The standard InChI is InChI=1S/C15H13ClN2/c1-10-5-6-11(2)12(8-10)14-9-17-15-13(16)4-3-7-18(14)15/h3-9H,1-2H3. The third kappa shape index (κ3) is 1.70. The third-order valence-corrected chi connectivity index (χ3v) is 3.45. The Kier molecular flexibility index (Phi) is 2.60. The highest BCUT2D eigenvalue weighted by Crippen LogP contribution is 2.27. The number of imidazole rings is 1. The predicted molar refractivity (Wildman–Crippen MR) is 75.1 cm³/mol. The molecule has 0 unspecified atom stereocenters. The molecule has 0 N–H and O–H groups in total. The Morgan fingerprint density at radius 3 is 2.83 bits per heavy atom. The van der Waals surface area contributed by atoms with E-state index < -0.39 is 0 Å². The number of hydrogen-bond acceptors (Lipinski definition) is 1. The molecule has 0 aliphatic heterocycles. The van der Waals surface area contributed by atoms with Crippen LogP contribution in [0.5, 0.6) is 0 Å². The zero-order valence-corrected chi connectivity index (χ0v) is 11.1.